The number of benzene rings is 1. The predicted molar refractivity (Wildman–Crippen MR) is 81.8 cm³/mol. The third-order valence-corrected chi connectivity index (χ3v) is 3.78. The number of likely N-dealkylation sites (tertiary alicyclic amines) is 1. The quantitative estimate of drug-likeness (QED) is 0.868. The van der Waals surface area contributed by atoms with Gasteiger partial charge in [0.2, 0.25) is 5.91 Å². The van der Waals surface area contributed by atoms with E-state index >= 15 is 0 Å². The molecule has 1 atom stereocenters. The fourth-order valence-corrected chi connectivity index (χ4v) is 2.73. The van der Waals surface area contributed by atoms with Gasteiger partial charge in [0.25, 0.3) is 0 Å². The van der Waals surface area contributed by atoms with Crippen molar-refractivity contribution in [1.82, 2.24) is 15.5 Å². The number of piperidine rings is 1. The van der Waals surface area contributed by atoms with Gasteiger partial charge in [-0.25, -0.2) is 0 Å². The molecule has 0 spiro atoms. The second kappa shape index (κ2) is 7.62. The van der Waals surface area contributed by atoms with Crippen molar-refractivity contribution in [2.45, 2.75) is 25.4 Å². The SMILES string of the molecule is CNCC(=O)N[C@H]1CCCN(Cc2ccc(Cl)cc2)C1. The molecule has 1 amide bonds. The Morgan fingerprint density at radius 3 is 2.85 bits per heavy atom. The number of rotatable bonds is 5. The van der Waals surface area contributed by atoms with Crippen LogP contribution in [0, 0.1) is 0 Å². The molecule has 2 rings (SSSR count). The van der Waals surface area contributed by atoms with Crippen LogP contribution in [-0.2, 0) is 11.3 Å². The first-order chi connectivity index (χ1) is 9.67. The lowest BCUT2D eigenvalue weighted by atomic mass is 10.0. The Kier molecular flexibility index (Phi) is 5.83. The van der Waals surface area contributed by atoms with Crippen LogP contribution in [0.15, 0.2) is 24.3 Å². The van der Waals surface area contributed by atoms with Crippen molar-refractivity contribution in [1.29, 1.82) is 0 Å². The molecule has 1 aromatic carbocycles. The van der Waals surface area contributed by atoms with Gasteiger partial charge in [-0.2, -0.15) is 0 Å². The van der Waals surface area contributed by atoms with E-state index in [0.29, 0.717) is 6.54 Å². The number of likely N-dealkylation sites (N-methyl/N-ethyl adjacent to an activating group) is 1. The molecule has 1 aliphatic heterocycles. The minimum Gasteiger partial charge on any atom is -0.351 e. The molecule has 110 valence electrons. The number of halogens is 1. The minimum absolute atomic E-state index is 0.0749. The van der Waals surface area contributed by atoms with Crippen LogP contribution in [-0.4, -0.2) is 43.5 Å². The third kappa shape index (κ3) is 4.78. The molecular weight excluding hydrogens is 274 g/mol. The maximum Gasteiger partial charge on any atom is 0.234 e. The summed E-state index contributed by atoms with van der Waals surface area (Å²) in [6.45, 7) is 3.29. The maximum absolute atomic E-state index is 11.6. The Labute approximate surface area is 125 Å². The molecule has 20 heavy (non-hydrogen) atoms. The Morgan fingerprint density at radius 1 is 1.40 bits per heavy atom. The standard InChI is InChI=1S/C15H22ClN3O/c1-17-9-15(20)18-14-3-2-8-19(11-14)10-12-4-6-13(16)7-5-12/h4-7,14,17H,2-3,8-11H2,1H3,(H,18,20)/t14-/m0/s1. The molecule has 0 aliphatic carbocycles. The van der Waals surface area contributed by atoms with E-state index in [2.05, 4.69) is 27.7 Å². The van der Waals surface area contributed by atoms with Crippen molar-refractivity contribution >= 4 is 17.5 Å². The number of carbonyl (C=O) groups is 1. The highest BCUT2D eigenvalue weighted by Crippen LogP contribution is 2.15. The summed E-state index contributed by atoms with van der Waals surface area (Å²) in [5.41, 5.74) is 1.26. The third-order valence-electron chi connectivity index (χ3n) is 3.53. The number of nitrogens with one attached hydrogen (secondary N) is 2. The van der Waals surface area contributed by atoms with Crippen LogP contribution >= 0.6 is 11.6 Å². The molecule has 1 heterocycles. The molecule has 0 bridgehead atoms. The van der Waals surface area contributed by atoms with Crippen LogP contribution in [0.4, 0.5) is 0 Å². The molecule has 1 aliphatic rings. The van der Waals surface area contributed by atoms with Crippen LogP contribution in [0.1, 0.15) is 18.4 Å². The number of hydrogen-bond donors (Lipinski definition) is 2. The van der Waals surface area contributed by atoms with Gasteiger partial charge in [-0.05, 0) is 44.1 Å². The molecule has 0 saturated carbocycles. The van der Waals surface area contributed by atoms with Crippen molar-refractivity contribution in [3.8, 4) is 0 Å². The molecule has 5 heteroatoms. The van der Waals surface area contributed by atoms with E-state index in [4.69, 9.17) is 11.6 Å². The number of carbonyl (C=O) groups excluding carboxylic acids is 1. The second-order valence-corrected chi connectivity index (χ2v) is 5.74. The van der Waals surface area contributed by atoms with Crippen LogP contribution in [0.5, 0.6) is 0 Å². The van der Waals surface area contributed by atoms with Gasteiger partial charge in [0, 0.05) is 24.2 Å². The fraction of sp³-hybridized carbons (Fsp3) is 0.533. The summed E-state index contributed by atoms with van der Waals surface area (Å²) in [7, 11) is 1.79. The molecule has 0 aromatic heterocycles. The lowest BCUT2D eigenvalue weighted by Gasteiger charge is -2.33. The van der Waals surface area contributed by atoms with Gasteiger partial charge in [-0.15, -0.1) is 0 Å². The Bertz CT molecular complexity index is 435. The van der Waals surface area contributed by atoms with E-state index in [9.17, 15) is 4.79 Å². The lowest BCUT2D eigenvalue weighted by Crippen LogP contribution is -2.49. The average molecular weight is 296 g/mol. The molecule has 2 N–H and O–H groups in total. The highest BCUT2D eigenvalue weighted by atomic mass is 35.5. The van der Waals surface area contributed by atoms with Crippen molar-refractivity contribution < 1.29 is 4.79 Å². The van der Waals surface area contributed by atoms with E-state index in [1.165, 1.54) is 5.56 Å². The maximum atomic E-state index is 11.6. The summed E-state index contributed by atoms with van der Waals surface area (Å²) >= 11 is 5.90. The summed E-state index contributed by atoms with van der Waals surface area (Å²) in [6, 6.07) is 8.23. The van der Waals surface area contributed by atoms with Gasteiger partial charge in [0.1, 0.15) is 0 Å². The zero-order valence-electron chi connectivity index (χ0n) is 11.9. The van der Waals surface area contributed by atoms with E-state index in [1.807, 2.05) is 12.1 Å². The fourth-order valence-electron chi connectivity index (χ4n) is 2.60. The van der Waals surface area contributed by atoms with Crippen molar-refractivity contribution in [2.75, 3.05) is 26.7 Å². The van der Waals surface area contributed by atoms with Crippen LogP contribution in [0.3, 0.4) is 0 Å². The summed E-state index contributed by atoms with van der Waals surface area (Å²) in [6.07, 6.45) is 2.19. The van der Waals surface area contributed by atoms with Crippen LogP contribution in [0.2, 0.25) is 5.02 Å². The average Bonchev–Trinajstić information content (AvgIpc) is 2.42. The second-order valence-electron chi connectivity index (χ2n) is 5.30. The molecule has 0 radical (unpaired) electrons. The van der Waals surface area contributed by atoms with E-state index in [-0.39, 0.29) is 11.9 Å². The predicted octanol–water partition coefficient (Wildman–Crippen LogP) is 1.64. The van der Waals surface area contributed by atoms with Gasteiger partial charge in [0.05, 0.1) is 6.54 Å². The molecule has 1 saturated heterocycles. The minimum atomic E-state index is 0.0749. The number of nitrogens with zero attached hydrogens (tertiary/aromatic N) is 1. The zero-order chi connectivity index (χ0) is 14.4. The van der Waals surface area contributed by atoms with Gasteiger partial charge >= 0.3 is 0 Å². The van der Waals surface area contributed by atoms with E-state index < -0.39 is 0 Å². The van der Waals surface area contributed by atoms with Gasteiger partial charge in [-0.1, -0.05) is 23.7 Å². The molecular formula is C15H22ClN3O. The van der Waals surface area contributed by atoms with Crippen molar-refractivity contribution in [2.24, 2.45) is 0 Å². The highest BCUT2D eigenvalue weighted by Gasteiger charge is 2.21. The van der Waals surface area contributed by atoms with Crippen molar-refractivity contribution in [3.63, 3.8) is 0 Å². The zero-order valence-corrected chi connectivity index (χ0v) is 12.6. The summed E-state index contributed by atoms with van der Waals surface area (Å²) in [5, 5.41) is 6.72. The first-order valence-electron chi connectivity index (χ1n) is 7.08. The summed E-state index contributed by atoms with van der Waals surface area (Å²) < 4.78 is 0. The first kappa shape index (κ1) is 15.3. The largest absolute Gasteiger partial charge is 0.351 e. The molecule has 0 unspecified atom stereocenters. The highest BCUT2D eigenvalue weighted by molar-refractivity contribution is 6.30. The summed E-state index contributed by atoms with van der Waals surface area (Å²) in [5.74, 6) is 0.0749. The Morgan fingerprint density at radius 2 is 2.15 bits per heavy atom. The summed E-state index contributed by atoms with van der Waals surface area (Å²) in [4.78, 5) is 14.0. The van der Waals surface area contributed by atoms with Gasteiger partial charge < -0.3 is 10.6 Å². The first-order valence-corrected chi connectivity index (χ1v) is 7.46. The van der Waals surface area contributed by atoms with E-state index in [1.54, 1.807) is 7.05 Å². The number of amides is 1. The Hall–Kier alpha value is -1.10. The topological polar surface area (TPSA) is 44.4 Å². The van der Waals surface area contributed by atoms with Crippen molar-refractivity contribution in [3.05, 3.63) is 34.9 Å². The smallest absolute Gasteiger partial charge is 0.234 e. The van der Waals surface area contributed by atoms with Gasteiger partial charge in [-0.3, -0.25) is 9.69 Å². The normalized spacial score (nSPS) is 19.8. The van der Waals surface area contributed by atoms with E-state index in [0.717, 1.165) is 37.5 Å². The molecule has 1 aromatic rings. The van der Waals surface area contributed by atoms with Crippen LogP contribution < -0.4 is 10.6 Å². The lowest BCUT2D eigenvalue weighted by molar-refractivity contribution is -0.121. The number of hydrogen-bond acceptors (Lipinski definition) is 3. The molecule has 4 nitrogen and oxygen atoms in total. The monoisotopic (exact) mass is 295 g/mol. The molecule has 1 fully saturated rings. The van der Waals surface area contributed by atoms with Crippen LogP contribution in [0.25, 0.3) is 0 Å². The Balaban J connectivity index is 1.83. The van der Waals surface area contributed by atoms with Gasteiger partial charge in [0.15, 0.2) is 0 Å².